The highest BCUT2D eigenvalue weighted by Gasteiger charge is 2.28. The van der Waals surface area contributed by atoms with Crippen LogP contribution >= 0.6 is 0 Å². The van der Waals surface area contributed by atoms with Crippen molar-refractivity contribution in [2.75, 3.05) is 11.4 Å². The number of carboxylic acids is 1. The summed E-state index contributed by atoms with van der Waals surface area (Å²) in [6.07, 6.45) is 0.943. The van der Waals surface area contributed by atoms with E-state index < -0.39 is 23.8 Å². The average molecular weight is 368 g/mol. The largest absolute Gasteiger partial charge is 0.548 e. The summed E-state index contributed by atoms with van der Waals surface area (Å²) in [4.78, 5) is 42.5. The molecule has 1 aliphatic rings. The first kappa shape index (κ1) is 17.1. The molecule has 0 saturated carbocycles. The molecule has 4 rings (SSSR count). The van der Waals surface area contributed by atoms with Crippen LogP contribution in [0.15, 0.2) is 33.9 Å². The Balaban J connectivity index is 1.90. The van der Waals surface area contributed by atoms with Gasteiger partial charge in [0.2, 0.25) is 5.95 Å². The number of aryl methyl sites for hydroxylation is 2. The molecule has 0 radical (unpaired) electrons. The molecule has 0 amide bonds. The van der Waals surface area contributed by atoms with Crippen molar-refractivity contribution in [3.05, 3.63) is 50.7 Å². The fourth-order valence-electron chi connectivity index (χ4n) is 3.50. The van der Waals surface area contributed by atoms with E-state index in [2.05, 4.69) is 11.9 Å². The van der Waals surface area contributed by atoms with Gasteiger partial charge in [0, 0.05) is 25.8 Å². The number of carboxylic acid groups (broad SMARTS) is 1. The molecule has 3 aromatic rings. The number of imidazole rings is 1. The molecule has 9 heteroatoms. The van der Waals surface area contributed by atoms with Crippen molar-refractivity contribution in [3.8, 4) is 0 Å². The summed E-state index contributed by atoms with van der Waals surface area (Å²) in [7, 11) is 1.47. The first-order valence-corrected chi connectivity index (χ1v) is 8.68. The second-order valence-electron chi connectivity index (χ2n) is 6.51. The molecule has 0 aliphatic carbocycles. The lowest BCUT2D eigenvalue weighted by atomic mass is 10.1. The van der Waals surface area contributed by atoms with Crippen LogP contribution in [0.5, 0.6) is 0 Å². The van der Waals surface area contributed by atoms with Gasteiger partial charge >= 0.3 is 5.69 Å². The molecule has 1 aliphatic heterocycles. The third-order valence-electron chi connectivity index (χ3n) is 4.94. The second-order valence-corrected chi connectivity index (χ2v) is 6.51. The molecule has 0 atom stereocenters. The summed E-state index contributed by atoms with van der Waals surface area (Å²) in [5.74, 6) is -0.931. The Hall–Kier alpha value is -3.36. The summed E-state index contributed by atoms with van der Waals surface area (Å²) in [5.41, 5.74) is 1.23. The van der Waals surface area contributed by atoms with E-state index in [0.717, 1.165) is 12.1 Å². The van der Waals surface area contributed by atoms with Gasteiger partial charge in [-0.15, -0.1) is 0 Å². The van der Waals surface area contributed by atoms with Gasteiger partial charge in [-0.25, -0.2) is 4.79 Å². The Kier molecular flexibility index (Phi) is 3.87. The van der Waals surface area contributed by atoms with E-state index in [1.54, 1.807) is 4.57 Å². The summed E-state index contributed by atoms with van der Waals surface area (Å²) in [6, 6.07) is 8.09. The maximum Gasteiger partial charge on any atom is 0.332 e. The molecule has 3 heterocycles. The van der Waals surface area contributed by atoms with Gasteiger partial charge in [-0.3, -0.25) is 13.9 Å². The third kappa shape index (κ3) is 2.54. The second kappa shape index (κ2) is 6.11. The highest BCUT2D eigenvalue weighted by atomic mass is 16.4. The summed E-state index contributed by atoms with van der Waals surface area (Å²) in [6.45, 7) is 2.44. The van der Waals surface area contributed by atoms with Gasteiger partial charge in [0.25, 0.3) is 5.56 Å². The van der Waals surface area contributed by atoms with Crippen LogP contribution in [0.1, 0.15) is 12.5 Å². The molecule has 0 unspecified atom stereocenters. The van der Waals surface area contributed by atoms with E-state index in [1.165, 1.54) is 17.2 Å². The first-order chi connectivity index (χ1) is 12.9. The lowest BCUT2D eigenvalue weighted by Crippen LogP contribution is -2.44. The minimum atomic E-state index is -1.49. The van der Waals surface area contributed by atoms with E-state index >= 15 is 0 Å². The van der Waals surface area contributed by atoms with Gasteiger partial charge in [-0.1, -0.05) is 19.1 Å². The Bertz CT molecular complexity index is 1170. The Labute approximate surface area is 153 Å². The van der Waals surface area contributed by atoms with E-state index in [4.69, 9.17) is 0 Å². The molecule has 1 aromatic carbocycles. The third-order valence-corrected chi connectivity index (χ3v) is 4.94. The molecular weight excluding hydrogens is 350 g/mol. The number of aromatic nitrogens is 4. The summed E-state index contributed by atoms with van der Waals surface area (Å²) >= 11 is 0. The number of benzene rings is 1. The van der Waals surface area contributed by atoms with Crippen LogP contribution in [0.4, 0.5) is 11.6 Å². The number of nitrogens with zero attached hydrogens (tertiary/aromatic N) is 5. The normalized spacial score (nSPS) is 13.3. The Morgan fingerprint density at radius 1 is 1.19 bits per heavy atom. The number of carbonyl (C=O) groups excluding carboxylic acids is 1. The SMILES string of the molecule is CCc1ccc(N2CCn3c2nc2c3c(=O)n(CC(=O)[O-])c(=O)n2C)cc1. The molecule has 27 heavy (non-hydrogen) atoms. The van der Waals surface area contributed by atoms with Crippen molar-refractivity contribution in [2.45, 2.75) is 26.4 Å². The van der Waals surface area contributed by atoms with Gasteiger partial charge in [0.05, 0.1) is 12.5 Å². The molecule has 0 saturated heterocycles. The summed E-state index contributed by atoms with van der Waals surface area (Å²) in [5, 5.41) is 10.9. The zero-order valence-electron chi connectivity index (χ0n) is 15.0. The van der Waals surface area contributed by atoms with Crippen molar-refractivity contribution in [1.29, 1.82) is 0 Å². The van der Waals surface area contributed by atoms with Crippen molar-refractivity contribution in [1.82, 2.24) is 18.7 Å². The van der Waals surface area contributed by atoms with Crippen molar-refractivity contribution >= 4 is 28.8 Å². The molecule has 0 fully saturated rings. The molecule has 140 valence electrons. The minimum Gasteiger partial charge on any atom is -0.548 e. The van der Waals surface area contributed by atoms with E-state index in [1.807, 2.05) is 29.2 Å². The van der Waals surface area contributed by atoms with Gasteiger partial charge in [-0.05, 0) is 24.1 Å². The zero-order valence-corrected chi connectivity index (χ0v) is 15.0. The molecule has 9 nitrogen and oxygen atoms in total. The van der Waals surface area contributed by atoms with Crippen molar-refractivity contribution in [3.63, 3.8) is 0 Å². The number of hydrogen-bond acceptors (Lipinski definition) is 6. The van der Waals surface area contributed by atoms with Crippen LogP contribution in [0.2, 0.25) is 0 Å². The minimum absolute atomic E-state index is 0.223. The number of rotatable bonds is 4. The van der Waals surface area contributed by atoms with Gasteiger partial charge in [-0.2, -0.15) is 4.98 Å². The molecule has 0 bridgehead atoms. The molecule has 0 spiro atoms. The predicted molar refractivity (Wildman–Crippen MR) is 97.1 cm³/mol. The topological polar surface area (TPSA) is 105 Å². The quantitative estimate of drug-likeness (QED) is 0.607. The lowest BCUT2D eigenvalue weighted by Gasteiger charge is -2.16. The van der Waals surface area contributed by atoms with Crippen LogP contribution in [-0.4, -0.2) is 31.2 Å². The number of anilines is 2. The zero-order chi connectivity index (χ0) is 19.3. The fourth-order valence-corrected chi connectivity index (χ4v) is 3.50. The monoisotopic (exact) mass is 368 g/mol. The molecular formula is C18H18N5O4-. The van der Waals surface area contributed by atoms with Crippen LogP contribution < -0.4 is 21.3 Å². The van der Waals surface area contributed by atoms with Gasteiger partial charge in [0.1, 0.15) is 0 Å². The standard InChI is InChI=1S/C18H19N5O4/c1-3-11-4-6-12(7-5-11)21-8-9-22-14-15(19-17(21)22)20(2)18(27)23(16(14)26)10-13(24)25/h4-7H,3,8-10H2,1-2H3,(H,24,25)/p-1. The maximum atomic E-state index is 12.8. The van der Waals surface area contributed by atoms with Crippen LogP contribution in [0.3, 0.4) is 0 Å². The average Bonchev–Trinajstić information content (AvgIpc) is 3.22. The van der Waals surface area contributed by atoms with E-state index in [9.17, 15) is 19.5 Å². The highest BCUT2D eigenvalue weighted by Crippen LogP contribution is 2.31. The van der Waals surface area contributed by atoms with Gasteiger partial charge < -0.3 is 19.4 Å². The number of carbonyl (C=O) groups is 1. The molecule has 2 aromatic heterocycles. The fraction of sp³-hybridized carbons (Fsp3) is 0.333. The highest BCUT2D eigenvalue weighted by molar-refractivity contribution is 5.78. The van der Waals surface area contributed by atoms with Crippen molar-refractivity contribution < 1.29 is 9.90 Å². The summed E-state index contributed by atoms with van der Waals surface area (Å²) < 4.78 is 3.60. The molecule has 0 N–H and O–H groups in total. The Morgan fingerprint density at radius 2 is 1.89 bits per heavy atom. The number of fused-ring (bicyclic) bond motifs is 3. The van der Waals surface area contributed by atoms with Crippen LogP contribution in [0, 0.1) is 0 Å². The maximum absolute atomic E-state index is 12.8. The van der Waals surface area contributed by atoms with Crippen LogP contribution in [0.25, 0.3) is 11.2 Å². The van der Waals surface area contributed by atoms with Gasteiger partial charge in [0.15, 0.2) is 11.2 Å². The van der Waals surface area contributed by atoms with Crippen molar-refractivity contribution in [2.24, 2.45) is 7.05 Å². The Morgan fingerprint density at radius 3 is 2.52 bits per heavy atom. The lowest BCUT2D eigenvalue weighted by molar-refractivity contribution is -0.306. The smallest absolute Gasteiger partial charge is 0.332 e. The van der Waals surface area contributed by atoms with E-state index in [0.29, 0.717) is 23.6 Å². The van der Waals surface area contributed by atoms with E-state index in [-0.39, 0.29) is 11.2 Å². The number of aliphatic carboxylic acids is 1. The van der Waals surface area contributed by atoms with Crippen LogP contribution in [-0.2, 0) is 31.4 Å². The first-order valence-electron chi connectivity index (χ1n) is 8.68. The number of hydrogen-bond donors (Lipinski definition) is 0. The predicted octanol–water partition coefficient (Wildman–Crippen LogP) is -0.639.